The molecule has 4 nitrogen and oxygen atoms in total. The lowest BCUT2D eigenvalue weighted by Gasteiger charge is -2.32. The zero-order valence-electron chi connectivity index (χ0n) is 35.1. The Labute approximate surface area is 324 Å². The minimum atomic E-state index is -0.500. The third-order valence-corrected chi connectivity index (χ3v) is 12.0. The molecule has 3 heterocycles. The van der Waals surface area contributed by atoms with Gasteiger partial charge in [-0.1, -0.05) is 99.6 Å². The van der Waals surface area contributed by atoms with Crippen molar-refractivity contribution < 1.29 is 9.31 Å². The summed E-state index contributed by atoms with van der Waals surface area (Å²) in [7, 11) is -0.500. The van der Waals surface area contributed by atoms with Crippen LogP contribution in [0.4, 0.5) is 0 Å². The number of H-pyrrole nitrogens is 1. The molecule has 5 heteroatoms. The van der Waals surface area contributed by atoms with Crippen molar-refractivity contribution in [2.24, 2.45) is 0 Å². The van der Waals surface area contributed by atoms with Crippen LogP contribution in [0.3, 0.4) is 0 Å². The molecule has 1 aliphatic rings. The predicted octanol–water partition coefficient (Wildman–Crippen LogP) is 12.9. The summed E-state index contributed by atoms with van der Waals surface area (Å²) in [5.74, 6) is 0.742. The van der Waals surface area contributed by atoms with E-state index >= 15 is 0 Å². The normalized spacial score (nSPS) is 16.0. The second-order valence-electron chi connectivity index (χ2n) is 19.3. The van der Waals surface area contributed by atoms with Crippen LogP contribution in [0.5, 0.6) is 0 Å². The van der Waals surface area contributed by atoms with Crippen LogP contribution in [0.15, 0.2) is 85.1 Å². The highest BCUT2D eigenvalue weighted by Gasteiger charge is 2.52. The van der Waals surface area contributed by atoms with Crippen LogP contribution < -0.4 is 5.46 Å². The largest absolute Gasteiger partial charge is 0.497 e. The third kappa shape index (κ3) is 6.73. The van der Waals surface area contributed by atoms with Gasteiger partial charge in [-0.05, 0) is 138 Å². The lowest BCUT2D eigenvalue weighted by molar-refractivity contribution is 0.00578. The molecule has 7 rings (SSSR count). The lowest BCUT2D eigenvalue weighted by Crippen LogP contribution is -2.41. The number of fused-ring (bicyclic) bond motifs is 3. The summed E-state index contributed by atoms with van der Waals surface area (Å²) in [6.07, 6.45) is 1.89. The summed E-state index contributed by atoms with van der Waals surface area (Å²) >= 11 is 0. The Kier molecular flexibility index (Phi) is 9.34. The molecule has 0 spiro atoms. The number of pyridine rings is 1. The van der Waals surface area contributed by atoms with E-state index in [4.69, 9.17) is 14.3 Å². The highest BCUT2D eigenvalue weighted by Crippen LogP contribution is 2.44. The van der Waals surface area contributed by atoms with E-state index in [0.29, 0.717) is 11.8 Å². The van der Waals surface area contributed by atoms with Crippen molar-refractivity contribution in [2.45, 2.75) is 131 Å². The topological polar surface area (TPSA) is 47.1 Å². The van der Waals surface area contributed by atoms with E-state index in [0.717, 1.165) is 33.3 Å². The van der Waals surface area contributed by atoms with E-state index in [-0.39, 0.29) is 10.8 Å². The molecule has 0 unspecified atom stereocenters. The average Bonchev–Trinajstić information content (AvgIpc) is 3.58. The molecule has 2 aromatic heterocycles. The van der Waals surface area contributed by atoms with Gasteiger partial charge in [0.2, 0.25) is 0 Å². The molecule has 1 fully saturated rings. The second-order valence-corrected chi connectivity index (χ2v) is 19.3. The first kappa shape index (κ1) is 38.1. The summed E-state index contributed by atoms with van der Waals surface area (Å²) < 4.78 is 13.5. The van der Waals surface area contributed by atoms with Crippen LogP contribution in [-0.4, -0.2) is 28.3 Å². The molecule has 1 saturated heterocycles. The Balaban J connectivity index is 1.59. The number of aromatic amines is 1. The van der Waals surface area contributed by atoms with Crippen molar-refractivity contribution in [3.05, 3.63) is 107 Å². The summed E-state index contributed by atoms with van der Waals surface area (Å²) in [5.41, 5.74) is 14.4. The Hall–Kier alpha value is -4.19. The Morgan fingerprint density at radius 1 is 0.611 bits per heavy atom. The van der Waals surface area contributed by atoms with Gasteiger partial charge in [0, 0.05) is 39.1 Å². The number of rotatable bonds is 6. The Morgan fingerprint density at radius 3 is 1.69 bits per heavy atom. The van der Waals surface area contributed by atoms with Gasteiger partial charge < -0.3 is 14.3 Å². The molecule has 1 aliphatic heterocycles. The fourth-order valence-electron chi connectivity index (χ4n) is 7.87. The first-order valence-electron chi connectivity index (χ1n) is 19.9. The quantitative estimate of drug-likeness (QED) is 0.174. The van der Waals surface area contributed by atoms with Gasteiger partial charge in [-0.25, -0.2) is 0 Å². The SMILES string of the molecule is CC(C)c1cccc(C(C)C)c1-c1cc(-c2ccccn2)cc(-c2cc(C(C)(C)C)cc3c2[nH]c2c(B4OC(C)(C)C(C)(C)O4)cc(C(C)(C)C)cc23)c1. The van der Waals surface area contributed by atoms with Crippen molar-refractivity contribution >= 4 is 34.4 Å². The molecule has 0 amide bonds. The number of nitrogens with zero attached hydrogens (tertiary/aromatic N) is 1. The van der Waals surface area contributed by atoms with Crippen LogP contribution in [0.1, 0.15) is 131 Å². The first-order chi connectivity index (χ1) is 25.2. The maximum Gasteiger partial charge on any atom is 0.497 e. The first-order valence-corrected chi connectivity index (χ1v) is 19.9. The highest BCUT2D eigenvalue weighted by atomic mass is 16.7. The van der Waals surface area contributed by atoms with Crippen LogP contribution in [0.25, 0.3) is 55.3 Å². The Bertz CT molecular complexity index is 2330. The van der Waals surface area contributed by atoms with Gasteiger partial charge in [0.05, 0.1) is 22.4 Å². The van der Waals surface area contributed by atoms with Gasteiger partial charge in [-0.15, -0.1) is 0 Å². The van der Waals surface area contributed by atoms with Crippen molar-refractivity contribution in [3.8, 4) is 33.5 Å². The molecule has 280 valence electrons. The van der Waals surface area contributed by atoms with Gasteiger partial charge in [-0.3, -0.25) is 4.98 Å². The lowest BCUT2D eigenvalue weighted by atomic mass is 9.74. The number of nitrogens with one attached hydrogen (secondary N) is 1. The molecule has 0 bridgehead atoms. The molecular weight excluding hydrogens is 659 g/mol. The van der Waals surface area contributed by atoms with E-state index in [9.17, 15) is 0 Å². The summed E-state index contributed by atoms with van der Waals surface area (Å²) in [6, 6.07) is 29.6. The van der Waals surface area contributed by atoms with Crippen molar-refractivity contribution in [1.82, 2.24) is 9.97 Å². The molecule has 0 aliphatic carbocycles. The standard InChI is InChI=1S/C49H59BN2O2/c1-29(2)36-18-17-19-37(30(3)4)43(36)33-23-31(22-32(24-33)42-20-15-16-21-51-42)38-25-34(46(5,6)7)26-39-40-27-35(47(8,9)10)28-41(45(40)52-44(38)39)50-53-48(11,12)49(13,14)54-50/h15-30,52H,1-14H3. The maximum atomic E-state index is 6.76. The van der Waals surface area contributed by atoms with E-state index in [1.807, 2.05) is 12.3 Å². The molecule has 4 aromatic carbocycles. The molecule has 0 saturated carbocycles. The highest BCUT2D eigenvalue weighted by molar-refractivity contribution is 6.65. The smallest absolute Gasteiger partial charge is 0.399 e. The zero-order chi connectivity index (χ0) is 39.1. The van der Waals surface area contributed by atoms with Gasteiger partial charge >= 0.3 is 7.12 Å². The van der Waals surface area contributed by atoms with Crippen LogP contribution >= 0.6 is 0 Å². The van der Waals surface area contributed by atoms with Crippen LogP contribution in [0, 0.1) is 0 Å². The maximum absolute atomic E-state index is 6.76. The summed E-state index contributed by atoms with van der Waals surface area (Å²) in [4.78, 5) is 8.87. The van der Waals surface area contributed by atoms with Gasteiger partial charge in [-0.2, -0.15) is 0 Å². The predicted molar refractivity (Wildman–Crippen MR) is 231 cm³/mol. The molecule has 0 atom stereocenters. The Morgan fingerprint density at radius 2 is 1.15 bits per heavy atom. The second kappa shape index (κ2) is 13.2. The van der Waals surface area contributed by atoms with Crippen molar-refractivity contribution in [2.75, 3.05) is 0 Å². The van der Waals surface area contributed by atoms with Crippen LogP contribution in [-0.2, 0) is 20.1 Å². The minimum Gasteiger partial charge on any atom is -0.399 e. The molecule has 6 aromatic rings. The average molecular weight is 719 g/mol. The zero-order valence-corrected chi connectivity index (χ0v) is 35.1. The summed E-state index contributed by atoms with van der Waals surface area (Å²) in [5, 5.41) is 2.41. The van der Waals surface area contributed by atoms with Crippen LogP contribution in [0.2, 0.25) is 0 Å². The van der Waals surface area contributed by atoms with Gasteiger partial charge in [0.1, 0.15) is 0 Å². The monoisotopic (exact) mass is 718 g/mol. The van der Waals surface area contributed by atoms with Crippen molar-refractivity contribution in [1.29, 1.82) is 0 Å². The summed E-state index contributed by atoms with van der Waals surface area (Å²) in [6.45, 7) is 31.5. The molecule has 54 heavy (non-hydrogen) atoms. The number of benzene rings is 4. The molecule has 0 radical (unpaired) electrons. The van der Waals surface area contributed by atoms with Crippen molar-refractivity contribution in [3.63, 3.8) is 0 Å². The van der Waals surface area contributed by atoms with E-state index in [2.05, 4.69) is 175 Å². The number of hydrogen-bond donors (Lipinski definition) is 1. The van der Waals surface area contributed by atoms with E-state index in [1.165, 1.54) is 49.7 Å². The molecular formula is C49H59BN2O2. The fraction of sp³-hybridized carbons (Fsp3) is 0.408. The number of hydrogen-bond acceptors (Lipinski definition) is 3. The fourth-order valence-corrected chi connectivity index (χ4v) is 7.87. The third-order valence-electron chi connectivity index (χ3n) is 12.0. The van der Waals surface area contributed by atoms with Gasteiger partial charge in [0.15, 0.2) is 0 Å². The van der Waals surface area contributed by atoms with E-state index in [1.54, 1.807) is 0 Å². The minimum absolute atomic E-state index is 0.0789. The van der Waals surface area contributed by atoms with E-state index < -0.39 is 18.3 Å². The number of aromatic nitrogens is 2. The molecule has 1 N–H and O–H groups in total. The van der Waals surface area contributed by atoms with Gasteiger partial charge in [0.25, 0.3) is 0 Å².